The predicted octanol–water partition coefficient (Wildman–Crippen LogP) is 0.860. The van der Waals surface area contributed by atoms with Crippen molar-refractivity contribution in [2.75, 3.05) is 28.4 Å². The van der Waals surface area contributed by atoms with Crippen molar-refractivity contribution in [3.8, 4) is 0 Å². The van der Waals surface area contributed by atoms with Crippen LogP contribution in [-0.4, -0.2) is 41.0 Å². The minimum absolute atomic E-state index is 0.127. The summed E-state index contributed by atoms with van der Waals surface area (Å²) < 4.78 is 20.6. The summed E-state index contributed by atoms with van der Waals surface area (Å²) in [5.41, 5.74) is 0. The van der Waals surface area contributed by atoms with Gasteiger partial charge in [0.25, 0.3) is 0 Å². The molecule has 0 saturated heterocycles. The molecular weight excluding hydrogens is 172 g/mol. The Morgan fingerprint density at radius 1 is 0.769 bits per heavy atom. The smallest absolute Gasteiger partial charge is 0.160 e. The minimum Gasteiger partial charge on any atom is -0.356 e. The quantitative estimate of drug-likeness (QED) is 0.582. The van der Waals surface area contributed by atoms with E-state index < -0.39 is 0 Å². The lowest BCUT2D eigenvalue weighted by Gasteiger charge is -2.16. The molecule has 0 aliphatic heterocycles. The molecule has 2 unspecified atom stereocenters. The third-order valence-electron chi connectivity index (χ3n) is 2.52. The van der Waals surface area contributed by atoms with Crippen LogP contribution in [0.3, 0.4) is 0 Å². The zero-order chi connectivity index (χ0) is 9.84. The fourth-order valence-electron chi connectivity index (χ4n) is 1.75. The molecule has 2 atom stereocenters. The van der Waals surface area contributed by atoms with Gasteiger partial charge < -0.3 is 18.9 Å². The van der Waals surface area contributed by atoms with Crippen LogP contribution in [0, 0.1) is 11.8 Å². The van der Waals surface area contributed by atoms with E-state index in [-0.39, 0.29) is 12.6 Å². The summed E-state index contributed by atoms with van der Waals surface area (Å²) in [6, 6.07) is 0. The number of ether oxygens (including phenoxy) is 4. The van der Waals surface area contributed by atoms with Gasteiger partial charge in [0.15, 0.2) is 12.6 Å². The minimum atomic E-state index is -0.127. The lowest BCUT2D eigenvalue weighted by atomic mass is 10.3. The van der Waals surface area contributed by atoms with Gasteiger partial charge in [0.1, 0.15) is 0 Å². The highest BCUT2D eigenvalue weighted by Gasteiger charge is 2.49. The third kappa shape index (κ3) is 2.40. The topological polar surface area (TPSA) is 36.9 Å². The van der Waals surface area contributed by atoms with E-state index in [1.165, 1.54) is 0 Å². The van der Waals surface area contributed by atoms with Crippen LogP contribution in [0.2, 0.25) is 0 Å². The summed E-state index contributed by atoms with van der Waals surface area (Å²) in [5.74, 6) is 0.805. The fourth-order valence-corrected chi connectivity index (χ4v) is 1.75. The highest BCUT2D eigenvalue weighted by Crippen LogP contribution is 2.45. The van der Waals surface area contributed by atoms with Crippen LogP contribution in [0.4, 0.5) is 0 Å². The van der Waals surface area contributed by atoms with Crippen LogP contribution < -0.4 is 0 Å². The second kappa shape index (κ2) is 4.91. The third-order valence-corrected chi connectivity index (χ3v) is 2.52. The summed E-state index contributed by atoms with van der Waals surface area (Å²) in [4.78, 5) is 0. The molecule has 0 spiro atoms. The fraction of sp³-hybridized carbons (Fsp3) is 1.00. The van der Waals surface area contributed by atoms with Crippen LogP contribution in [0.5, 0.6) is 0 Å². The van der Waals surface area contributed by atoms with E-state index >= 15 is 0 Å². The van der Waals surface area contributed by atoms with Crippen LogP contribution >= 0.6 is 0 Å². The normalized spacial score (nSPS) is 27.2. The van der Waals surface area contributed by atoms with Crippen molar-refractivity contribution in [2.45, 2.75) is 19.0 Å². The maximum absolute atomic E-state index is 5.16. The van der Waals surface area contributed by atoms with E-state index in [0.717, 1.165) is 6.42 Å². The van der Waals surface area contributed by atoms with Crippen LogP contribution in [-0.2, 0) is 18.9 Å². The molecule has 4 nitrogen and oxygen atoms in total. The number of hydrogen-bond donors (Lipinski definition) is 0. The molecule has 78 valence electrons. The first kappa shape index (κ1) is 10.9. The average molecular weight is 190 g/mol. The standard InChI is InChI=1S/C9H18O4/c1-10-8(11-2)6-5-7(6)9(12-3)13-4/h6-9H,5H2,1-4H3. The van der Waals surface area contributed by atoms with Gasteiger partial charge >= 0.3 is 0 Å². The van der Waals surface area contributed by atoms with E-state index in [1.54, 1.807) is 28.4 Å². The molecule has 1 aliphatic carbocycles. The van der Waals surface area contributed by atoms with Gasteiger partial charge in [-0.3, -0.25) is 0 Å². The molecule has 1 aliphatic rings. The molecular formula is C9H18O4. The van der Waals surface area contributed by atoms with Crippen LogP contribution in [0.15, 0.2) is 0 Å². The van der Waals surface area contributed by atoms with Crippen molar-refractivity contribution in [3.05, 3.63) is 0 Å². The molecule has 13 heavy (non-hydrogen) atoms. The molecule has 0 bridgehead atoms. The lowest BCUT2D eigenvalue weighted by molar-refractivity contribution is -0.148. The van der Waals surface area contributed by atoms with Gasteiger partial charge in [-0.15, -0.1) is 0 Å². The number of hydrogen-bond acceptors (Lipinski definition) is 4. The average Bonchev–Trinajstić information content (AvgIpc) is 2.90. The molecule has 0 heterocycles. The summed E-state index contributed by atoms with van der Waals surface area (Å²) in [6.07, 6.45) is 0.786. The summed E-state index contributed by atoms with van der Waals surface area (Å²) in [7, 11) is 6.60. The zero-order valence-corrected chi connectivity index (χ0v) is 8.65. The van der Waals surface area contributed by atoms with E-state index in [0.29, 0.717) is 11.8 Å². The Labute approximate surface area is 79.1 Å². The van der Waals surface area contributed by atoms with Crippen LogP contribution in [0.1, 0.15) is 6.42 Å². The van der Waals surface area contributed by atoms with Gasteiger partial charge in [-0.2, -0.15) is 0 Å². The molecule has 1 saturated carbocycles. The number of methoxy groups -OCH3 is 4. The molecule has 0 aromatic heterocycles. The van der Waals surface area contributed by atoms with Gasteiger partial charge in [-0.25, -0.2) is 0 Å². The Morgan fingerprint density at radius 2 is 1.08 bits per heavy atom. The Hall–Kier alpha value is -0.160. The maximum Gasteiger partial charge on any atom is 0.160 e. The van der Waals surface area contributed by atoms with Crippen molar-refractivity contribution < 1.29 is 18.9 Å². The summed E-state index contributed by atoms with van der Waals surface area (Å²) in [6.45, 7) is 0. The van der Waals surface area contributed by atoms with Crippen molar-refractivity contribution in [1.82, 2.24) is 0 Å². The molecule has 0 N–H and O–H groups in total. The largest absolute Gasteiger partial charge is 0.356 e. The van der Waals surface area contributed by atoms with Crippen LogP contribution in [0.25, 0.3) is 0 Å². The Bertz CT molecular complexity index is 127. The van der Waals surface area contributed by atoms with E-state index in [9.17, 15) is 0 Å². The SMILES string of the molecule is COC(OC)C1CC1C(OC)OC. The van der Waals surface area contributed by atoms with Gasteiger partial charge in [0.05, 0.1) is 0 Å². The Morgan fingerprint density at radius 3 is 1.31 bits per heavy atom. The monoisotopic (exact) mass is 190 g/mol. The molecule has 0 radical (unpaired) electrons. The molecule has 1 fully saturated rings. The second-order valence-corrected chi connectivity index (χ2v) is 3.24. The molecule has 1 rings (SSSR count). The molecule has 0 aromatic carbocycles. The van der Waals surface area contributed by atoms with Gasteiger partial charge in [-0.05, 0) is 6.42 Å². The Kier molecular flexibility index (Phi) is 4.12. The van der Waals surface area contributed by atoms with Crippen molar-refractivity contribution in [2.24, 2.45) is 11.8 Å². The van der Waals surface area contributed by atoms with Crippen molar-refractivity contribution >= 4 is 0 Å². The first-order chi connectivity index (χ1) is 6.28. The zero-order valence-electron chi connectivity index (χ0n) is 8.65. The number of rotatable bonds is 6. The maximum atomic E-state index is 5.16. The van der Waals surface area contributed by atoms with Gasteiger partial charge in [-0.1, -0.05) is 0 Å². The van der Waals surface area contributed by atoms with Crippen molar-refractivity contribution in [3.63, 3.8) is 0 Å². The van der Waals surface area contributed by atoms with Gasteiger partial charge in [0.2, 0.25) is 0 Å². The second-order valence-electron chi connectivity index (χ2n) is 3.24. The van der Waals surface area contributed by atoms with E-state index in [1.807, 2.05) is 0 Å². The Balaban J connectivity index is 2.35. The molecule has 0 aromatic rings. The summed E-state index contributed by atoms with van der Waals surface area (Å²) >= 11 is 0. The van der Waals surface area contributed by atoms with Gasteiger partial charge in [0, 0.05) is 40.3 Å². The molecule has 0 amide bonds. The highest BCUT2D eigenvalue weighted by molar-refractivity contribution is 4.91. The summed E-state index contributed by atoms with van der Waals surface area (Å²) in [5, 5.41) is 0. The molecule has 4 heteroatoms. The first-order valence-electron chi connectivity index (χ1n) is 4.39. The van der Waals surface area contributed by atoms with Crippen molar-refractivity contribution in [1.29, 1.82) is 0 Å². The van der Waals surface area contributed by atoms with E-state index in [2.05, 4.69) is 0 Å². The lowest BCUT2D eigenvalue weighted by Crippen LogP contribution is -2.22. The highest BCUT2D eigenvalue weighted by atomic mass is 16.7. The first-order valence-corrected chi connectivity index (χ1v) is 4.39. The predicted molar refractivity (Wildman–Crippen MR) is 47.2 cm³/mol. The van der Waals surface area contributed by atoms with E-state index in [4.69, 9.17) is 18.9 Å².